The third-order valence-corrected chi connectivity index (χ3v) is 3.69. The number of carbonyl (C=O) groups is 3. The Morgan fingerprint density at radius 2 is 2.04 bits per heavy atom. The molecule has 0 saturated carbocycles. The fourth-order valence-corrected chi connectivity index (χ4v) is 2.38. The van der Waals surface area contributed by atoms with Crippen LogP contribution in [-0.4, -0.2) is 42.4 Å². The van der Waals surface area contributed by atoms with E-state index in [0.29, 0.717) is 5.75 Å². The molecule has 0 radical (unpaired) electrons. The molecule has 2 rings (SSSR count). The lowest BCUT2D eigenvalue weighted by Crippen LogP contribution is -2.41. The number of imide groups is 1. The molecule has 1 saturated heterocycles. The fourth-order valence-electron chi connectivity index (χ4n) is 2.38. The van der Waals surface area contributed by atoms with Crippen molar-refractivity contribution in [1.29, 1.82) is 0 Å². The summed E-state index contributed by atoms with van der Waals surface area (Å²) in [6.07, 6.45) is 0. The number of ether oxygens (including phenoxy) is 1. The van der Waals surface area contributed by atoms with E-state index in [1.165, 1.54) is 0 Å². The van der Waals surface area contributed by atoms with Crippen molar-refractivity contribution in [2.24, 2.45) is 5.92 Å². The fraction of sp³-hybridized carbons (Fsp3) is 0.438. The van der Waals surface area contributed by atoms with E-state index in [-0.39, 0.29) is 24.9 Å². The highest BCUT2D eigenvalue weighted by molar-refractivity contribution is 6.06. The van der Waals surface area contributed by atoms with E-state index >= 15 is 0 Å². The number of methoxy groups -OCH3 is 1. The van der Waals surface area contributed by atoms with Crippen LogP contribution in [0.25, 0.3) is 0 Å². The molecule has 1 unspecified atom stereocenters. The summed E-state index contributed by atoms with van der Waals surface area (Å²) in [4.78, 5) is 36.9. The summed E-state index contributed by atoms with van der Waals surface area (Å²) in [5.74, 6) is -0.114. The van der Waals surface area contributed by atoms with Crippen LogP contribution in [-0.2, 0) is 16.1 Å². The molecule has 1 aliphatic rings. The van der Waals surface area contributed by atoms with Gasteiger partial charge in [0, 0.05) is 12.1 Å². The molecular formula is C16H21N3O4. The van der Waals surface area contributed by atoms with E-state index < -0.39 is 18.0 Å². The third kappa shape index (κ3) is 3.80. The van der Waals surface area contributed by atoms with Gasteiger partial charge in [-0.3, -0.25) is 14.5 Å². The molecule has 124 valence electrons. The molecule has 1 aromatic carbocycles. The van der Waals surface area contributed by atoms with Crippen LogP contribution in [0.4, 0.5) is 4.79 Å². The van der Waals surface area contributed by atoms with Crippen molar-refractivity contribution in [3.63, 3.8) is 0 Å². The minimum atomic E-state index is -0.565. The summed E-state index contributed by atoms with van der Waals surface area (Å²) >= 11 is 0. The number of amides is 4. The summed E-state index contributed by atoms with van der Waals surface area (Å²) < 4.78 is 5.21. The second kappa shape index (κ2) is 7.13. The maximum absolute atomic E-state index is 12.1. The molecule has 2 N–H and O–H groups in total. The molecule has 0 aromatic heterocycles. The second-order valence-corrected chi connectivity index (χ2v) is 5.68. The first-order valence-electron chi connectivity index (χ1n) is 7.44. The van der Waals surface area contributed by atoms with Crippen molar-refractivity contribution in [1.82, 2.24) is 15.5 Å². The highest BCUT2D eigenvalue weighted by Crippen LogP contribution is 2.17. The predicted molar refractivity (Wildman–Crippen MR) is 83.7 cm³/mol. The van der Waals surface area contributed by atoms with Crippen LogP contribution in [0, 0.1) is 5.92 Å². The Bertz CT molecular complexity index is 615. The highest BCUT2D eigenvalue weighted by atomic mass is 16.5. The number of benzene rings is 1. The zero-order chi connectivity index (χ0) is 17.0. The number of nitrogens with one attached hydrogen (secondary N) is 2. The van der Waals surface area contributed by atoms with Crippen molar-refractivity contribution >= 4 is 17.8 Å². The molecule has 1 aromatic rings. The predicted octanol–water partition coefficient (Wildman–Crippen LogP) is 0.888. The van der Waals surface area contributed by atoms with Gasteiger partial charge in [0.2, 0.25) is 5.91 Å². The molecular weight excluding hydrogens is 298 g/mol. The topological polar surface area (TPSA) is 87.7 Å². The van der Waals surface area contributed by atoms with E-state index in [1.807, 2.05) is 32.0 Å². The van der Waals surface area contributed by atoms with E-state index in [1.54, 1.807) is 13.2 Å². The number of nitrogens with zero attached hydrogens (tertiary/aromatic N) is 1. The van der Waals surface area contributed by atoms with Gasteiger partial charge in [0.15, 0.2) is 0 Å². The Balaban J connectivity index is 1.92. The largest absolute Gasteiger partial charge is 0.496 e. The quantitative estimate of drug-likeness (QED) is 0.762. The normalized spacial score (nSPS) is 17.4. The summed E-state index contributed by atoms with van der Waals surface area (Å²) in [5, 5.41) is 5.28. The zero-order valence-electron chi connectivity index (χ0n) is 13.5. The number of hydrogen-bond donors (Lipinski definition) is 2. The standard InChI is InChI=1S/C16H21N3O4/c1-10(2)14-15(21)19(16(22)18-14)9-13(20)17-8-11-6-4-5-7-12(11)23-3/h4-7,10,14H,8-9H2,1-3H3,(H,17,20)(H,18,22). The molecule has 1 atom stereocenters. The van der Waals surface area contributed by atoms with Crippen molar-refractivity contribution in [3.05, 3.63) is 29.8 Å². The van der Waals surface area contributed by atoms with Crippen LogP contribution < -0.4 is 15.4 Å². The van der Waals surface area contributed by atoms with Crippen LogP contribution in [0.5, 0.6) is 5.75 Å². The van der Waals surface area contributed by atoms with Gasteiger partial charge in [-0.25, -0.2) is 4.79 Å². The molecule has 0 spiro atoms. The van der Waals surface area contributed by atoms with E-state index in [4.69, 9.17) is 4.74 Å². The minimum Gasteiger partial charge on any atom is -0.496 e. The van der Waals surface area contributed by atoms with Crippen LogP contribution in [0.1, 0.15) is 19.4 Å². The first kappa shape index (κ1) is 16.8. The van der Waals surface area contributed by atoms with Crippen molar-refractivity contribution in [3.8, 4) is 5.75 Å². The smallest absolute Gasteiger partial charge is 0.325 e. The lowest BCUT2D eigenvalue weighted by atomic mass is 10.1. The summed E-state index contributed by atoms with van der Waals surface area (Å²) in [7, 11) is 1.56. The van der Waals surface area contributed by atoms with Crippen LogP contribution in [0.15, 0.2) is 24.3 Å². The van der Waals surface area contributed by atoms with E-state index in [2.05, 4.69) is 10.6 Å². The molecule has 7 nitrogen and oxygen atoms in total. The van der Waals surface area contributed by atoms with Crippen LogP contribution in [0.2, 0.25) is 0 Å². The Morgan fingerprint density at radius 3 is 2.65 bits per heavy atom. The molecule has 1 aliphatic heterocycles. The van der Waals surface area contributed by atoms with Crippen molar-refractivity contribution < 1.29 is 19.1 Å². The molecule has 0 bridgehead atoms. The van der Waals surface area contributed by atoms with Gasteiger partial charge < -0.3 is 15.4 Å². The molecule has 7 heteroatoms. The summed E-state index contributed by atoms with van der Waals surface area (Å²) in [6.45, 7) is 3.66. The van der Waals surface area contributed by atoms with Crippen LogP contribution >= 0.6 is 0 Å². The molecule has 4 amide bonds. The lowest BCUT2D eigenvalue weighted by molar-refractivity contribution is -0.132. The second-order valence-electron chi connectivity index (χ2n) is 5.68. The Kier molecular flexibility index (Phi) is 5.20. The van der Waals surface area contributed by atoms with E-state index in [0.717, 1.165) is 10.5 Å². The zero-order valence-corrected chi connectivity index (χ0v) is 13.5. The molecule has 0 aliphatic carbocycles. The Hall–Kier alpha value is -2.57. The van der Waals surface area contributed by atoms with Gasteiger partial charge in [0.05, 0.1) is 7.11 Å². The SMILES string of the molecule is COc1ccccc1CNC(=O)CN1C(=O)NC(C(C)C)C1=O. The monoisotopic (exact) mass is 319 g/mol. The first-order valence-corrected chi connectivity index (χ1v) is 7.44. The van der Waals surface area contributed by atoms with E-state index in [9.17, 15) is 14.4 Å². The number of para-hydroxylation sites is 1. The number of urea groups is 1. The molecule has 23 heavy (non-hydrogen) atoms. The average Bonchev–Trinajstić information content (AvgIpc) is 2.81. The van der Waals surface area contributed by atoms with Gasteiger partial charge in [-0.15, -0.1) is 0 Å². The van der Waals surface area contributed by atoms with Crippen molar-refractivity contribution in [2.45, 2.75) is 26.4 Å². The van der Waals surface area contributed by atoms with Gasteiger partial charge in [-0.1, -0.05) is 32.0 Å². The van der Waals surface area contributed by atoms with Gasteiger partial charge in [0.1, 0.15) is 18.3 Å². The first-order chi connectivity index (χ1) is 10.9. The number of carbonyl (C=O) groups excluding carboxylic acids is 3. The minimum absolute atomic E-state index is 0.0203. The van der Waals surface area contributed by atoms with Crippen LogP contribution in [0.3, 0.4) is 0 Å². The lowest BCUT2D eigenvalue weighted by Gasteiger charge is -2.15. The highest BCUT2D eigenvalue weighted by Gasteiger charge is 2.40. The maximum Gasteiger partial charge on any atom is 0.325 e. The van der Waals surface area contributed by atoms with Gasteiger partial charge in [-0.05, 0) is 12.0 Å². The summed E-state index contributed by atoms with van der Waals surface area (Å²) in [6, 6.07) is 6.22. The summed E-state index contributed by atoms with van der Waals surface area (Å²) in [5.41, 5.74) is 0.820. The van der Waals surface area contributed by atoms with Gasteiger partial charge >= 0.3 is 6.03 Å². The third-order valence-electron chi connectivity index (χ3n) is 3.69. The average molecular weight is 319 g/mol. The van der Waals surface area contributed by atoms with Crippen molar-refractivity contribution in [2.75, 3.05) is 13.7 Å². The number of hydrogen-bond acceptors (Lipinski definition) is 4. The Morgan fingerprint density at radius 1 is 1.35 bits per heavy atom. The molecule has 1 fully saturated rings. The van der Waals surface area contributed by atoms with Gasteiger partial charge in [-0.2, -0.15) is 0 Å². The number of rotatable bonds is 6. The Labute approximate surface area is 135 Å². The maximum atomic E-state index is 12.1. The molecule has 1 heterocycles. The van der Waals surface area contributed by atoms with Gasteiger partial charge in [0.25, 0.3) is 5.91 Å².